The largest absolute Gasteiger partial charge is 0.497 e. The molecule has 3 aromatic rings. The molecule has 0 bridgehead atoms. The molecule has 1 saturated heterocycles. The van der Waals surface area contributed by atoms with Gasteiger partial charge in [0.15, 0.2) is 0 Å². The second-order valence-corrected chi connectivity index (χ2v) is 5.94. The van der Waals surface area contributed by atoms with Crippen molar-refractivity contribution >= 4 is 5.91 Å². The first-order chi connectivity index (χ1) is 12.2. The molecule has 7 nitrogen and oxygen atoms in total. The Balaban J connectivity index is 1.49. The van der Waals surface area contributed by atoms with Gasteiger partial charge in [0.05, 0.1) is 25.8 Å². The van der Waals surface area contributed by atoms with Crippen LogP contribution in [0, 0.1) is 0 Å². The Kier molecular flexibility index (Phi) is 3.97. The Morgan fingerprint density at radius 3 is 3.04 bits per heavy atom. The summed E-state index contributed by atoms with van der Waals surface area (Å²) in [5.74, 6) is 2.41. The van der Waals surface area contributed by atoms with Crippen LogP contribution >= 0.6 is 0 Å². The second kappa shape index (κ2) is 6.43. The zero-order valence-corrected chi connectivity index (χ0v) is 13.7. The summed E-state index contributed by atoms with van der Waals surface area (Å²) in [7, 11) is 1.61. The minimum Gasteiger partial charge on any atom is -0.497 e. The molecule has 0 spiro atoms. The molecule has 1 amide bonds. The van der Waals surface area contributed by atoms with Crippen LogP contribution in [0.15, 0.2) is 51.6 Å². The lowest BCUT2D eigenvalue weighted by Gasteiger charge is -2.13. The van der Waals surface area contributed by atoms with E-state index in [0.717, 1.165) is 17.1 Å². The van der Waals surface area contributed by atoms with Crippen molar-refractivity contribution in [2.45, 2.75) is 18.9 Å². The molecule has 2 aromatic heterocycles. The van der Waals surface area contributed by atoms with Gasteiger partial charge in [0.2, 0.25) is 17.6 Å². The summed E-state index contributed by atoms with van der Waals surface area (Å²) in [5, 5.41) is 4.04. The number of nitrogens with zero attached hydrogens (tertiary/aromatic N) is 3. The van der Waals surface area contributed by atoms with E-state index < -0.39 is 0 Å². The third-order valence-corrected chi connectivity index (χ3v) is 4.26. The highest BCUT2D eigenvalue weighted by atomic mass is 16.5. The van der Waals surface area contributed by atoms with Gasteiger partial charge in [-0.05, 0) is 24.3 Å². The molecule has 4 rings (SSSR count). The number of aromatic nitrogens is 2. The molecule has 1 aliphatic rings. The van der Waals surface area contributed by atoms with Crippen molar-refractivity contribution in [1.29, 1.82) is 0 Å². The van der Waals surface area contributed by atoms with E-state index in [0.29, 0.717) is 31.2 Å². The molecule has 1 fully saturated rings. The Morgan fingerprint density at radius 2 is 2.24 bits per heavy atom. The average molecular weight is 339 g/mol. The summed E-state index contributed by atoms with van der Waals surface area (Å²) >= 11 is 0. The average Bonchev–Trinajstić information content (AvgIpc) is 3.37. The van der Waals surface area contributed by atoms with Gasteiger partial charge in [-0.2, -0.15) is 4.98 Å². The first kappa shape index (κ1) is 15.4. The van der Waals surface area contributed by atoms with Crippen LogP contribution in [0.1, 0.15) is 24.0 Å². The highest BCUT2D eigenvalue weighted by Gasteiger charge is 2.34. The van der Waals surface area contributed by atoms with Gasteiger partial charge in [-0.15, -0.1) is 0 Å². The Labute approximate surface area is 144 Å². The van der Waals surface area contributed by atoms with Crippen molar-refractivity contribution in [2.75, 3.05) is 13.7 Å². The molecule has 0 aliphatic carbocycles. The maximum atomic E-state index is 12.2. The minimum absolute atomic E-state index is 0.0579. The van der Waals surface area contributed by atoms with Crippen LogP contribution in [-0.4, -0.2) is 34.6 Å². The van der Waals surface area contributed by atoms with Crippen LogP contribution in [0.2, 0.25) is 0 Å². The summed E-state index contributed by atoms with van der Waals surface area (Å²) in [6.45, 7) is 0.999. The zero-order valence-electron chi connectivity index (χ0n) is 13.7. The number of carbonyl (C=O) groups excluding carboxylic acids is 1. The first-order valence-electron chi connectivity index (χ1n) is 8.01. The van der Waals surface area contributed by atoms with Crippen molar-refractivity contribution in [3.63, 3.8) is 0 Å². The fourth-order valence-electron chi connectivity index (χ4n) is 2.96. The van der Waals surface area contributed by atoms with E-state index >= 15 is 0 Å². The van der Waals surface area contributed by atoms with E-state index in [4.69, 9.17) is 13.7 Å². The number of hydrogen-bond donors (Lipinski definition) is 0. The fourth-order valence-corrected chi connectivity index (χ4v) is 2.96. The normalized spacial score (nSPS) is 17.2. The molecule has 1 aliphatic heterocycles. The molecule has 3 heterocycles. The number of ether oxygens (including phenoxy) is 1. The van der Waals surface area contributed by atoms with Gasteiger partial charge in [-0.3, -0.25) is 4.79 Å². The monoisotopic (exact) mass is 339 g/mol. The lowest BCUT2D eigenvalue weighted by Crippen LogP contribution is -2.24. The summed E-state index contributed by atoms with van der Waals surface area (Å²) in [5.41, 5.74) is 0.811. The number of furan rings is 1. The van der Waals surface area contributed by atoms with Gasteiger partial charge in [-0.1, -0.05) is 17.3 Å². The Bertz CT molecular complexity index is 872. The molecule has 0 radical (unpaired) electrons. The van der Waals surface area contributed by atoms with Crippen LogP contribution in [0.4, 0.5) is 0 Å². The molecular formula is C18H17N3O4. The molecule has 7 heteroatoms. The van der Waals surface area contributed by atoms with Crippen LogP contribution in [0.5, 0.6) is 5.75 Å². The Hall–Kier alpha value is -3.09. The minimum atomic E-state index is -0.102. The van der Waals surface area contributed by atoms with Crippen molar-refractivity contribution in [3.8, 4) is 17.1 Å². The maximum absolute atomic E-state index is 12.2. The van der Waals surface area contributed by atoms with Crippen LogP contribution in [0.3, 0.4) is 0 Å². The molecular weight excluding hydrogens is 322 g/mol. The summed E-state index contributed by atoms with van der Waals surface area (Å²) in [6, 6.07) is 11.1. The predicted molar refractivity (Wildman–Crippen MR) is 87.8 cm³/mol. The number of methoxy groups -OCH3 is 1. The summed E-state index contributed by atoms with van der Waals surface area (Å²) < 4.78 is 15.9. The van der Waals surface area contributed by atoms with Gasteiger partial charge in [0.25, 0.3) is 0 Å². The van der Waals surface area contributed by atoms with Crippen LogP contribution in [-0.2, 0) is 11.3 Å². The lowest BCUT2D eigenvalue weighted by atomic mass is 10.1. The molecule has 128 valence electrons. The topological polar surface area (TPSA) is 81.6 Å². The fraction of sp³-hybridized carbons (Fsp3) is 0.278. The SMILES string of the molecule is COc1cccc(-c2noc(C3CC(=O)N(Cc4ccco4)C3)n2)c1. The second-order valence-electron chi connectivity index (χ2n) is 5.94. The number of hydrogen-bond acceptors (Lipinski definition) is 6. The van der Waals surface area contributed by atoms with Gasteiger partial charge in [0, 0.05) is 18.5 Å². The van der Waals surface area contributed by atoms with Crippen LogP contribution in [0.25, 0.3) is 11.4 Å². The zero-order chi connectivity index (χ0) is 17.2. The molecule has 1 unspecified atom stereocenters. The van der Waals surface area contributed by atoms with Crippen molar-refractivity contribution in [3.05, 3.63) is 54.3 Å². The van der Waals surface area contributed by atoms with E-state index in [1.54, 1.807) is 18.3 Å². The number of benzene rings is 1. The smallest absolute Gasteiger partial charge is 0.232 e. The summed E-state index contributed by atoms with van der Waals surface area (Å²) in [4.78, 5) is 18.4. The number of likely N-dealkylation sites (tertiary alicyclic amines) is 1. The number of amides is 1. The Morgan fingerprint density at radius 1 is 1.32 bits per heavy atom. The quantitative estimate of drug-likeness (QED) is 0.711. The third kappa shape index (κ3) is 3.13. The maximum Gasteiger partial charge on any atom is 0.232 e. The van der Waals surface area contributed by atoms with Gasteiger partial charge < -0.3 is 18.6 Å². The molecule has 25 heavy (non-hydrogen) atoms. The van der Waals surface area contributed by atoms with E-state index in [1.807, 2.05) is 36.4 Å². The number of rotatable bonds is 5. The molecule has 0 saturated carbocycles. The van der Waals surface area contributed by atoms with Gasteiger partial charge in [0.1, 0.15) is 11.5 Å². The standard InChI is InChI=1S/C18H17N3O4/c1-23-14-5-2-4-12(8-14)17-19-18(25-20-17)13-9-16(22)21(10-13)11-15-6-3-7-24-15/h2-8,13H,9-11H2,1H3. The van der Waals surface area contributed by atoms with Crippen LogP contribution < -0.4 is 4.74 Å². The van der Waals surface area contributed by atoms with E-state index in [-0.39, 0.29) is 11.8 Å². The first-order valence-corrected chi connectivity index (χ1v) is 8.01. The third-order valence-electron chi connectivity index (χ3n) is 4.26. The molecule has 1 atom stereocenters. The van der Waals surface area contributed by atoms with Gasteiger partial charge in [-0.25, -0.2) is 0 Å². The molecule has 0 N–H and O–H groups in total. The van der Waals surface area contributed by atoms with Crippen molar-refractivity contribution in [1.82, 2.24) is 15.0 Å². The van der Waals surface area contributed by atoms with Crippen molar-refractivity contribution in [2.24, 2.45) is 0 Å². The van der Waals surface area contributed by atoms with Crippen molar-refractivity contribution < 1.29 is 18.5 Å². The predicted octanol–water partition coefficient (Wildman–Crippen LogP) is 2.85. The highest BCUT2D eigenvalue weighted by molar-refractivity contribution is 5.79. The molecule has 1 aromatic carbocycles. The van der Waals surface area contributed by atoms with E-state index in [9.17, 15) is 4.79 Å². The summed E-state index contributed by atoms with van der Waals surface area (Å²) in [6.07, 6.45) is 1.96. The van der Waals surface area contributed by atoms with E-state index in [2.05, 4.69) is 10.1 Å². The van der Waals surface area contributed by atoms with E-state index in [1.165, 1.54) is 0 Å². The lowest BCUT2D eigenvalue weighted by molar-refractivity contribution is -0.128. The number of carbonyl (C=O) groups is 1. The van der Waals surface area contributed by atoms with Gasteiger partial charge >= 0.3 is 0 Å². The highest BCUT2D eigenvalue weighted by Crippen LogP contribution is 2.30.